The normalized spacial score (nSPS) is 17.8. The van der Waals surface area contributed by atoms with Gasteiger partial charge in [-0.05, 0) is 60.5 Å². The molecular weight excluding hydrogens is 376 g/mol. The SMILES string of the molecule is C[C@@H](NCCC1CN(c2ccc(C(=O)O)cc2)CCO1)c1cccc2ccccc12. The van der Waals surface area contributed by atoms with Crippen LogP contribution in [0.15, 0.2) is 66.7 Å². The summed E-state index contributed by atoms with van der Waals surface area (Å²) in [5, 5.41) is 15.3. The molecule has 3 aromatic rings. The lowest BCUT2D eigenvalue weighted by Gasteiger charge is -2.35. The summed E-state index contributed by atoms with van der Waals surface area (Å²) in [5.74, 6) is -0.896. The summed E-state index contributed by atoms with van der Waals surface area (Å²) in [6.45, 7) is 5.41. The first kappa shape index (κ1) is 20.4. The van der Waals surface area contributed by atoms with Crippen LogP contribution in [0.3, 0.4) is 0 Å². The summed E-state index contributed by atoms with van der Waals surface area (Å²) >= 11 is 0. The second kappa shape index (κ2) is 9.28. The molecule has 0 aliphatic carbocycles. The number of carboxylic acids is 1. The van der Waals surface area contributed by atoms with E-state index in [0.29, 0.717) is 12.2 Å². The standard InChI is InChI=1S/C25H28N2O3/c1-18(23-8-4-6-19-5-2-3-7-24(19)23)26-14-13-22-17-27(15-16-30-22)21-11-9-20(10-12-21)25(28)29/h2-12,18,22,26H,13-17H2,1H3,(H,28,29)/t18-,22?/m1/s1. The number of ether oxygens (including phenoxy) is 1. The Labute approximate surface area is 177 Å². The molecule has 4 rings (SSSR count). The molecule has 2 N–H and O–H groups in total. The number of hydrogen-bond donors (Lipinski definition) is 2. The smallest absolute Gasteiger partial charge is 0.335 e. The number of nitrogens with one attached hydrogen (secondary N) is 1. The fourth-order valence-electron chi connectivity index (χ4n) is 4.14. The number of nitrogens with zero attached hydrogens (tertiary/aromatic N) is 1. The van der Waals surface area contributed by atoms with Crippen molar-refractivity contribution in [3.63, 3.8) is 0 Å². The molecule has 0 saturated carbocycles. The molecule has 2 atom stereocenters. The molecule has 30 heavy (non-hydrogen) atoms. The molecule has 1 saturated heterocycles. The predicted octanol–water partition coefficient (Wildman–Crippen LogP) is 4.48. The highest BCUT2D eigenvalue weighted by Crippen LogP contribution is 2.24. The van der Waals surface area contributed by atoms with E-state index in [4.69, 9.17) is 9.84 Å². The van der Waals surface area contributed by atoms with Crippen LogP contribution in [0.2, 0.25) is 0 Å². The average Bonchev–Trinajstić information content (AvgIpc) is 2.79. The largest absolute Gasteiger partial charge is 0.478 e. The van der Waals surface area contributed by atoms with Crippen LogP contribution in [0.5, 0.6) is 0 Å². The van der Waals surface area contributed by atoms with Gasteiger partial charge in [0, 0.05) is 24.8 Å². The summed E-state index contributed by atoms with van der Waals surface area (Å²) in [5.41, 5.74) is 2.68. The average molecular weight is 405 g/mol. The van der Waals surface area contributed by atoms with E-state index in [9.17, 15) is 4.79 Å². The molecule has 5 heteroatoms. The maximum atomic E-state index is 11.0. The number of morpholine rings is 1. The van der Waals surface area contributed by atoms with Gasteiger partial charge in [-0.1, -0.05) is 42.5 Å². The molecule has 5 nitrogen and oxygen atoms in total. The highest BCUT2D eigenvalue weighted by Gasteiger charge is 2.21. The minimum absolute atomic E-state index is 0.158. The zero-order valence-electron chi connectivity index (χ0n) is 17.3. The number of benzene rings is 3. The number of anilines is 1. The first-order valence-corrected chi connectivity index (χ1v) is 10.5. The molecule has 1 aliphatic heterocycles. The molecule has 1 fully saturated rings. The summed E-state index contributed by atoms with van der Waals surface area (Å²) in [4.78, 5) is 13.3. The first-order valence-electron chi connectivity index (χ1n) is 10.5. The Hall–Kier alpha value is -2.89. The van der Waals surface area contributed by atoms with Crippen molar-refractivity contribution in [1.29, 1.82) is 0 Å². The summed E-state index contributed by atoms with van der Waals surface area (Å²) in [6.07, 6.45) is 1.09. The van der Waals surface area contributed by atoms with Crippen molar-refractivity contribution in [1.82, 2.24) is 5.32 Å². The highest BCUT2D eigenvalue weighted by molar-refractivity contribution is 5.88. The molecule has 0 radical (unpaired) electrons. The Kier molecular flexibility index (Phi) is 6.31. The molecule has 3 aromatic carbocycles. The van der Waals surface area contributed by atoms with Gasteiger partial charge in [-0.3, -0.25) is 0 Å². The van der Waals surface area contributed by atoms with Gasteiger partial charge in [0.25, 0.3) is 0 Å². The van der Waals surface area contributed by atoms with E-state index in [0.717, 1.165) is 31.7 Å². The minimum Gasteiger partial charge on any atom is -0.478 e. The number of carbonyl (C=O) groups is 1. The van der Waals surface area contributed by atoms with Crippen LogP contribution in [0, 0.1) is 0 Å². The van der Waals surface area contributed by atoms with Crippen molar-refractivity contribution >= 4 is 22.4 Å². The monoisotopic (exact) mass is 404 g/mol. The van der Waals surface area contributed by atoms with E-state index in [2.05, 4.69) is 59.6 Å². The van der Waals surface area contributed by atoms with Crippen LogP contribution < -0.4 is 10.2 Å². The number of fused-ring (bicyclic) bond motifs is 1. The maximum absolute atomic E-state index is 11.0. The Morgan fingerprint density at radius 1 is 1.13 bits per heavy atom. The van der Waals surface area contributed by atoms with Crippen LogP contribution in [-0.2, 0) is 4.74 Å². The van der Waals surface area contributed by atoms with E-state index in [1.54, 1.807) is 12.1 Å². The quantitative estimate of drug-likeness (QED) is 0.608. The molecule has 1 heterocycles. The van der Waals surface area contributed by atoms with Crippen LogP contribution in [-0.4, -0.2) is 43.4 Å². The number of aromatic carboxylic acids is 1. The lowest BCUT2D eigenvalue weighted by molar-refractivity contribution is 0.0351. The summed E-state index contributed by atoms with van der Waals surface area (Å²) < 4.78 is 5.97. The van der Waals surface area contributed by atoms with Crippen molar-refractivity contribution in [2.24, 2.45) is 0 Å². The summed E-state index contributed by atoms with van der Waals surface area (Å²) in [7, 11) is 0. The van der Waals surface area contributed by atoms with Gasteiger partial charge in [0.15, 0.2) is 0 Å². The fourth-order valence-corrected chi connectivity index (χ4v) is 4.14. The Balaban J connectivity index is 1.32. The topological polar surface area (TPSA) is 61.8 Å². The molecule has 1 aliphatic rings. The molecule has 0 bridgehead atoms. The van der Waals surface area contributed by atoms with E-state index in [1.165, 1.54) is 16.3 Å². The van der Waals surface area contributed by atoms with Gasteiger partial charge < -0.3 is 20.1 Å². The van der Waals surface area contributed by atoms with E-state index < -0.39 is 5.97 Å². The number of rotatable bonds is 7. The molecule has 0 aromatic heterocycles. The minimum atomic E-state index is -0.896. The lowest BCUT2D eigenvalue weighted by Crippen LogP contribution is -2.43. The molecule has 1 unspecified atom stereocenters. The second-order valence-electron chi connectivity index (χ2n) is 7.82. The third-order valence-electron chi connectivity index (χ3n) is 5.82. The Bertz CT molecular complexity index is 997. The van der Waals surface area contributed by atoms with Crippen LogP contribution in [0.4, 0.5) is 5.69 Å². The van der Waals surface area contributed by atoms with Gasteiger partial charge >= 0.3 is 5.97 Å². The van der Waals surface area contributed by atoms with Gasteiger partial charge in [-0.15, -0.1) is 0 Å². The first-order chi connectivity index (χ1) is 14.6. The number of carboxylic acid groups (broad SMARTS) is 1. The van der Waals surface area contributed by atoms with Crippen molar-refractivity contribution in [2.75, 3.05) is 31.1 Å². The van der Waals surface area contributed by atoms with Crippen LogP contribution >= 0.6 is 0 Å². The second-order valence-corrected chi connectivity index (χ2v) is 7.82. The zero-order valence-corrected chi connectivity index (χ0v) is 17.3. The van der Waals surface area contributed by atoms with Gasteiger partial charge in [0.1, 0.15) is 0 Å². The van der Waals surface area contributed by atoms with Crippen molar-refractivity contribution in [2.45, 2.75) is 25.5 Å². The highest BCUT2D eigenvalue weighted by atomic mass is 16.5. The van der Waals surface area contributed by atoms with E-state index in [1.807, 2.05) is 12.1 Å². The molecule has 0 spiro atoms. The third-order valence-corrected chi connectivity index (χ3v) is 5.82. The Morgan fingerprint density at radius 3 is 2.70 bits per heavy atom. The zero-order chi connectivity index (χ0) is 20.9. The van der Waals surface area contributed by atoms with Gasteiger partial charge in [-0.2, -0.15) is 0 Å². The van der Waals surface area contributed by atoms with Gasteiger partial charge in [0.05, 0.1) is 18.3 Å². The van der Waals surface area contributed by atoms with Crippen molar-refractivity contribution < 1.29 is 14.6 Å². The summed E-state index contributed by atoms with van der Waals surface area (Å²) in [6, 6.07) is 22.3. The van der Waals surface area contributed by atoms with Crippen LogP contribution in [0.1, 0.15) is 35.3 Å². The van der Waals surface area contributed by atoms with Crippen molar-refractivity contribution in [3.8, 4) is 0 Å². The lowest BCUT2D eigenvalue weighted by atomic mass is 9.99. The number of hydrogen-bond acceptors (Lipinski definition) is 4. The van der Waals surface area contributed by atoms with Crippen molar-refractivity contribution in [3.05, 3.63) is 77.9 Å². The molecule has 0 amide bonds. The van der Waals surface area contributed by atoms with Gasteiger partial charge in [-0.25, -0.2) is 4.79 Å². The predicted molar refractivity (Wildman–Crippen MR) is 120 cm³/mol. The third kappa shape index (κ3) is 4.64. The molecule has 156 valence electrons. The van der Waals surface area contributed by atoms with Gasteiger partial charge in [0.2, 0.25) is 0 Å². The fraction of sp³-hybridized carbons (Fsp3) is 0.320. The Morgan fingerprint density at radius 2 is 1.90 bits per heavy atom. The molecular formula is C25H28N2O3. The van der Waals surface area contributed by atoms with Crippen LogP contribution in [0.25, 0.3) is 10.8 Å². The van der Waals surface area contributed by atoms with E-state index in [-0.39, 0.29) is 12.1 Å². The maximum Gasteiger partial charge on any atom is 0.335 e. The van der Waals surface area contributed by atoms with E-state index >= 15 is 0 Å².